The van der Waals surface area contributed by atoms with Gasteiger partial charge in [0, 0.05) is 31.4 Å². The van der Waals surface area contributed by atoms with E-state index in [0.717, 1.165) is 21.5 Å². The summed E-state index contributed by atoms with van der Waals surface area (Å²) < 4.78 is 16.5. The summed E-state index contributed by atoms with van der Waals surface area (Å²) in [7, 11) is 0. The lowest BCUT2D eigenvalue weighted by molar-refractivity contribution is 0.0945. The summed E-state index contributed by atoms with van der Waals surface area (Å²) in [4.78, 5) is 17.0. The van der Waals surface area contributed by atoms with Crippen molar-refractivity contribution in [2.45, 2.75) is 13.0 Å². The van der Waals surface area contributed by atoms with Crippen LogP contribution in [0.25, 0.3) is 10.2 Å². The minimum Gasteiger partial charge on any atom is -0.350 e. The molecule has 0 aliphatic heterocycles. The molecule has 0 unspecified atom stereocenters. The largest absolute Gasteiger partial charge is 0.350 e. The molecule has 4 nitrogen and oxygen atoms in total. The predicted octanol–water partition coefficient (Wildman–Crippen LogP) is 4.26. The van der Waals surface area contributed by atoms with Crippen LogP contribution in [0.4, 0.5) is 4.39 Å². The number of carbonyl (C=O) groups excluding carboxylic acids is 1. The molecule has 0 saturated carbocycles. The third kappa shape index (κ3) is 3.90. The molecule has 1 amide bonds. The van der Waals surface area contributed by atoms with Crippen LogP contribution >= 0.6 is 11.3 Å². The first-order valence-corrected chi connectivity index (χ1v) is 9.58. The number of pyridine rings is 1. The fourth-order valence-corrected chi connectivity index (χ4v) is 3.92. The minimum absolute atomic E-state index is 0.134. The Kier molecular flexibility index (Phi) is 4.98. The van der Waals surface area contributed by atoms with Gasteiger partial charge in [0.15, 0.2) is 0 Å². The number of nitrogens with zero attached hydrogens (tertiary/aromatic N) is 2. The number of nitrogens with one attached hydrogen (secondary N) is 1. The maximum absolute atomic E-state index is 13.5. The predicted molar refractivity (Wildman–Crippen MR) is 106 cm³/mol. The van der Waals surface area contributed by atoms with Crippen molar-refractivity contribution >= 4 is 27.5 Å². The molecule has 1 aromatic carbocycles. The van der Waals surface area contributed by atoms with Crippen LogP contribution in [-0.4, -0.2) is 22.0 Å². The topological polar surface area (TPSA) is 46.9 Å². The molecular formula is C21H18FN3OS. The smallest absolute Gasteiger partial charge is 0.267 e. The second-order valence-electron chi connectivity index (χ2n) is 6.24. The zero-order chi connectivity index (χ0) is 18.6. The fourth-order valence-electron chi connectivity index (χ4n) is 3.09. The average molecular weight is 379 g/mol. The molecular weight excluding hydrogens is 361 g/mol. The van der Waals surface area contributed by atoms with Gasteiger partial charge in [-0.2, -0.15) is 0 Å². The van der Waals surface area contributed by atoms with Crippen LogP contribution in [0.1, 0.15) is 21.7 Å². The number of hydrogen-bond donors (Lipinski definition) is 1. The number of benzene rings is 1. The van der Waals surface area contributed by atoms with Crippen LogP contribution in [0.15, 0.2) is 66.2 Å². The van der Waals surface area contributed by atoms with Gasteiger partial charge in [0.05, 0.1) is 10.2 Å². The Morgan fingerprint density at radius 2 is 2.07 bits per heavy atom. The lowest BCUT2D eigenvalue weighted by atomic mass is 10.2. The first kappa shape index (κ1) is 17.4. The van der Waals surface area contributed by atoms with E-state index >= 15 is 0 Å². The number of thiophene rings is 1. The Balaban J connectivity index is 1.54. The highest BCUT2D eigenvalue weighted by Crippen LogP contribution is 2.26. The van der Waals surface area contributed by atoms with Crippen LogP contribution in [0.5, 0.6) is 0 Å². The monoisotopic (exact) mass is 379 g/mol. The highest BCUT2D eigenvalue weighted by Gasteiger charge is 2.16. The molecule has 3 aromatic heterocycles. The first-order valence-electron chi connectivity index (χ1n) is 8.70. The van der Waals surface area contributed by atoms with Gasteiger partial charge in [0.25, 0.3) is 5.91 Å². The van der Waals surface area contributed by atoms with Crippen molar-refractivity contribution in [3.05, 3.63) is 88.9 Å². The molecule has 0 radical (unpaired) electrons. The standard InChI is InChI=1S/C21H18FN3OS/c22-16-5-3-4-15(12-16)14-25-18-8-11-27-20(18)13-19(25)21(26)24-10-7-17-6-1-2-9-23-17/h1-6,8-9,11-13H,7,10,14H2,(H,24,26). The van der Waals surface area contributed by atoms with Crippen LogP contribution < -0.4 is 5.32 Å². The number of amides is 1. The molecule has 0 bridgehead atoms. The summed E-state index contributed by atoms with van der Waals surface area (Å²) in [5.41, 5.74) is 3.33. The quantitative estimate of drug-likeness (QED) is 0.544. The second kappa shape index (κ2) is 7.72. The van der Waals surface area contributed by atoms with Crippen LogP contribution in [0, 0.1) is 5.82 Å². The van der Waals surface area contributed by atoms with Gasteiger partial charge < -0.3 is 9.88 Å². The second-order valence-corrected chi connectivity index (χ2v) is 7.19. The van der Waals surface area contributed by atoms with Gasteiger partial charge in [-0.05, 0) is 47.3 Å². The maximum Gasteiger partial charge on any atom is 0.267 e. The fraction of sp³-hybridized carbons (Fsp3) is 0.143. The molecule has 0 aliphatic carbocycles. The van der Waals surface area contributed by atoms with E-state index in [0.29, 0.717) is 25.2 Å². The summed E-state index contributed by atoms with van der Waals surface area (Å²) in [6.07, 6.45) is 2.42. The number of fused-ring (bicyclic) bond motifs is 1. The Morgan fingerprint density at radius 3 is 2.89 bits per heavy atom. The van der Waals surface area contributed by atoms with Crippen LogP contribution in [0.3, 0.4) is 0 Å². The Hall–Kier alpha value is -2.99. The van der Waals surface area contributed by atoms with Crippen LogP contribution in [0.2, 0.25) is 0 Å². The first-order chi connectivity index (χ1) is 13.2. The van der Waals surface area contributed by atoms with E-state index in [1.54, 1.807) is 23.6 Å². The molecule has 0 spiro atoms. The van der Waals surface area contributed by atoms with Crippen molar-refractivity contribution in [1.29, 1.82) is 0 Å². The van der Waals surface area contributed by atoms with Crippen molar-refractivity contribution in [3.8, 4) is 0 Å². The van der Waals surface area contributed by atoms with E-state index in [9.17, 15) is 9.18 Å². The van der Waals surface area contributed by atoms with E-state index in [2.05, 4.69) is 10.3 Å². The Morgan fingerprint density at radius 1 is 1.15 bits per heavy atom. The van der Waals surface area contributed by atoms with Gasteiger partial charge in [0.1, 0.15) is 11.5 Å². The number of aromatic nitrogens is 2. The van der Waals surface area contributed by atoms with E-state index in [4.69, 9.17) is 0 Å². The number of rotatable bonds is 6. The summed E-state index contributed by atoms with van der Waals surface area (Å²) in [6, 6.07) is 16.1. The van der Waals surface area contributed by atoms with Crippen molar-refractivity contribution in [3.63, 3.8) is 0 Å². The Bertz CT molecular complexity index is 1070. The molecule has 4 rings (SSSR count). The molecule has 3 heterocycles. The number of carbonyl (C=O) groups is 1. The molecule has 0 aliphatic rings. The number of hydrogen-bond acceptors (Lipinski definition) is 3. The highest BCUT2D eigenvalue weighted by atomic mass is 32.1. The zero-order valence-electron chi connectivity index (χ0n) is 14.6. The van der Waals surface area contributed by atoms with E-state index in [1.807, 2.05) is 46.3 Å². The molecule has 0 atom stereocenters. The maximum atomic E-state index is 13.5. The lowest BCUT2D eigenvalue weighted by Gasteiger charge is -2.11. The minimum atomic E-state index is -0.275. The summed E-state index contributed by atoms with van der Waals surface area (Å²) in [5.74, 6) is -0.409. The molecule has 136 valence electrons. The molecule has 0 saturated heterocycles. The van der Waals surface area contributed by atoms with Crippen molar-refractivity contribution in [2.24, 2.45) is 0 Å². The van der Waals surface area contributed by atoms with Gasteiger partial charge in [-0.25, -0.2) is 4.39 Å². The molecule has 6 heteroatoms. The van der Waals surface area contributed by atoms with Gasteiger partial charge in [-0.15, -0.1) is 11.3 Å². The van der Waals surface area contributed by atoms with E-state index in [1.165, 1.54) is 12.1 Å². The molecule has 4 aromatic rings. The van der Waals surface area contributed by atoms with Crippen molar-refractivity contribution in [1.82, 2.24) is 14.9 Å². The van der Waals surface area contributed by atoms with Gasteiger partial charge in [-0.3, -0.25) is 9.78 Å². The summed E-state index contributed by atoms with van der Waals surface area (Å²) in [6.45, 7) is 0.954. The van der Waals surface area contributed by atoms with E-state index in [-0.39, 0.29) is 11.7 Å². The summed E-state index contributed by atoms with van der Waals surface area (Å²) >= 11 is 1.59. The van der Waals surface area contributed by atoms with Gasteiger partial charge >= 0.3 is 0 Å². The lowest BCUT2D eigenvalue weighted by Crippen LogP contribution is -2.28. The van der Waals surface area contributed by atoms with Crippen molar-refractivity contribution < 1.29 is 9.18 Å². The zero-order valence-corrected chi connectivity index (χ0v) is 15.4. The number of halogens is 1. The van der Waals surface area contributed by atoms with Gasteiger partial charge in [0.2, 0.25) is 0 Å². The Labute approximate surface area is 160 Å². The molecule has 1 N–H and O–H groups in total. The summed E-state index contributed by atoms with van der Waals surface area (Å²) in [5, 5.41) is 4.96. The molecule has 0 fully saturated rings. The van der Waals surface area contributed by atoms with E-state index < -0.39 is 0 Å². The highest BCUT2D eigenvalue weighted by molar-refractivity contribution is 7.17. The normalized spacial score (nSPS) is 11.0. The average Bonchev–Trinajstić information content (AvgIpc) is 3.25. The van der Waals surface area contributed by atoms with Gasteiger partial charge in [-0.1, -0.05) is 18.2 Å². The molecule has 27 heavy (non-hydrogen) atoms. The third-order valence-electron chi connectivity index (χ3n) is 4.38. The van der Waals surface area contributed by atoms with Crippen LogP contribution in [-0.2, 0) is 13.0 Å². The SMILES string of the molecule is O=C(NCCc1ccccn1)c1cc2sccc2n1Cc1cccc(F)c1. The third-order valence-corrected chi connectivity index (χ3v) is 5.23. The van der Waals surface area contributed by atoms with Crippen molar-refractivity contribution in [2.75, 3.05) is 6.54 Å².